The summed E-state index contributed by atoms with van der Waals surface area (Å²) in [5.41, 5.74) is 0.446. The van der Waals surface area contributed by atoms with Crippen LogP contribution in [0, 0.1) is 5.92 Å². The highest BCUT2D eigenvalue weighted by molar-refractivity contribution is 5.66. The standard InChI is InChI=1S/C22H38O5/c1-4-5-14-22(2,26)15-10-12-17-18(20(27-3)16-19(17)23)11-8-6-7-9-13-21(24)25/h10,12,17,19,23,26H,4-9,11,13-16H2,1-3H3,(H,24,25)/b12-10+/t17-,19-,22+/m1/s1. The lowest BCUT2D eigenvalue weighted by Gasteiger charge is -2.22. The second-order valence-corrected chi connectivity index (χ2v) is 7.99. The van der Waals surface area contributed by atoms with Gasteiger partial charge >= 0.3 is 5.97 Å². The van der Waals surface area contributed by atoms with Crippen molar-refractivity contribution in [2.45, 2.75) is 96.2 Å². The van der Waals surface area contributed by atoms with Crippen LogP contribution >= 0.6 is 0 Å². The van der Waals surface area contributed by atoms with Crippen LogP contribution in [0.2, 0.25) is 0 Å². The first-order valence-corrected chi connectivity index (χ1v) is 10.4. The van der Waals surface area contributed by atoms with Crippen LogP contribution in [0.1, 0.15) is 84.5 Å². The van der Waals surface area contributed by atoms with Crippen LogP contribution in [0.25, 0.3) is 0 Å². The molecule has 0 aromatic heterocycles. The molecule has 0 heterocycles. The summed E-state index contributed by atoms with van der Waals surface area (Å²) in [4.78, 5) is 10.6. The van der Waals surface area contributed by atoms with Crippen molar-refractivity contribution >= 4 is 5.97 Å². The molecule has 27 heavy (non-hydrogen) atoms. The molecule has 156 valence electrons. The Kier molecular flexibility index (Phi) is 10.7. The van der Waals surface area contributed by atoms with Gasteiger partial charge in [0.25, 0.3) is 0 Å². The highest BCUT2D eigenvalue weighted by Gasteiger charge is 2.32. The van der Waals surface area contributed by atoms with Crippen molar-refractivity contribution in [1.82, 2.24) is 0 Å². The van der Waals surface area contributed by atoms with E-state index < -0.39 is 17.7 Å². The minimum Gasteiger partial charge on any atom is -0.501 e. The van der Waals surface area contributed by atoms with Gasteiger partial charge in [-0.05, 0) is 44.6 Å². The van der Waals surface area contributed by atoms with E-state index in [1.165, 1.54) is 0 Å². The summed E-state index contributed by atoms with van der Waals surface area (Å²) >= 11 is 0. The Morgan fingerprint density at radius 2 is 1.96 bits per heavy atom. The summed E-state index contributed by atoms with van der Waals surface area (Å²) in [6.45, 7) is 3.98. The molecule has 1 aliphatic carbocycles. The first-order valence-electron chi connectivity index (χ1n) is 10.4. The summed E-state index contributed by atoms with van der Waals surface area (Å²) in [5, 5.41) is 29.5. The first kappa shape index (κ1) is 23.7. The van der Waals surface area contributed by atoms with Gasteiger partial charge in [-0.2, -0.15) is 0 Å². The molecule has 5 heteroatoms. The zero-order valence-corrected chi connectivity index (χ0v) is 17.2. The van der Waals surface area contributed by atoms with Crippen LogP contribution in [0.3, 0.4) is 0 Å². The van der Waals surface area contributed by atoms with E-state index in [1.807, 2.05) is 19.1 Å². The van der Waals surface area contributed by atoms with Crippen molar-refractivity contribution in [1.29, 1.82) is 0 Å². The molecular formula is C22H38O5. The molecule has 0 amide bonds. The number of carbonyl (C=O) groups is 1. The summed E-state index contributed by atoms with van der Waals surface area (Å²) in [6, 6.07) is 0. The van der Waals surface area contributed by atoms with Gasteiger partial charge in [0, 0.05) is 18.8 Å². The monoisotopic (exact) mass is 382 g/mol. The summed E-state index contributed by atoms with van der Waals surface area (Å²) < 4.78 is 5.49. The fourth-order valence-corrected chi connectivity index (χ4v) is 3.70. The van der Waals surface area contributed by atoms with E-state index >= 15 is 0 Å². The quantitative estimate of drug-likeness (QED) is 0.302. The number of hydrogen-bond acceptors (Lipinski definition) is 4. The Labute approximate surface area is 164 Å². The van der Waals surface area contributed by atoms with Crippen molar-refractivity contribution in [3.05, 3.63) is 23.5 Å². The van der Waals surface area contributed by atoms with Crippen LogP contribution < -0.4 is 0 Å². The van der Waals surface area contributed by atoms with Gasteiger partial charge in [-0.3, -0.25) is 4.79 Å². The Bertz CT molecular complexity index is 507. The highest BCUT2D eigenvalue weighted by Crippen LogP contribution is 2.37. The van der Waals surface area contributed by atoms with Crippen molar-refractivity contribution in [3.8, 4) is 0 Å². The molecule has 0 aromatic rings. The van der Waals surface area contributed by atoms with Gasteiger partial charge in [-0.1, -0.05) is 44.8 Å². The van der Waals surface area contributed by atoms with E-state index in [0.717, 1.165) is 56.3 Å². The third kappa shape index (κ3) is 8.93. The molecule has 0 saturated heterocycles. The molecule has 0 aliphatic heterocycles. The van der Waals surface area contributed by atoms with E-state index in [2.05, 4.69) is 6.92 Å². The maximum atomic E-state index is 10.6. The van der Waals surface area contributed by atoms with Crippen LogP contribution in [-0.4, -0.2) is 40.1 Å². The summed E-state index contributed by atoms with van der Waals surface area (Å²) in [5.74, 6) is 0.0830. The van der Waals surface area contributed by atoms with Crippen LogP contribution in [0.15, 0.2) is 23.5 Å². The van der Waals surface area contributed by atoms with Gasteiger partial charge in [0.15, 0.2) is 0 Å². The summed E-state index contributed by atoms with van der Waals surface area (Å²) in [6.07, 6.45) is 12.2. The SMILES string of the molecule is CCCC[C@](C)(O)C/C=C/[C@@H]1C(CCCCCCC(=O)O)=C(OC)C[C@H]1O. The predicted molar refractivity (Wildman–Crippen MR) is 107 cm³/mol. The lowest BCUT2D eigenvalue weighted by Crippen LogP contribution is -2.23. The van der Waals surface area contributed by atoms with Gasteiger partial charge in [0.2, 0.25) is 0 Å². The van der Waals surface area contributed by atoms with E-state index in [9.17, 15) is 15.0 Å². The Morgan fingerprint density at radius 1 is 1.26 bits per heavy atom. The van der Waals surface area contributed by atoms with Crippen LogP contribution in [0.4, 0.5) is 0 Å². The number of hydrogen-bond donors (Lipinski definition) is 3. The van der Waals surface area contributed by atoms with E-state index in [4.69, 9.17) is 9.84 Å². The molecule has 3 atom stereocenters. The van der Waals surface area contributed by atoms with E-state index in [-0.39, 0.29) is 12.3 Å². The molecule has 0 radical (unpaired) electrons. The predicted octanol–water partition coefficient (Wildman–Crippen LogP) is 4.58. The van der Waals surface area contributed by atoms with Crippen molar-refractivity contribution < 1.29 is 24.9 Å². The van der Waals surface area contributed by atoms with E-state index in [1.54, 1.807) is 7.11 Å². The number of aliphatic hydroxyl groups is 2. The molecule has 0 aromatic carbocycles. The molecule has 1 aliphatic rings. The lowest BCUT2D eigenvalue weighted by atomic mass is 9.91. The van der Waals surface area contributed by atoms with Crippen molar-refractivity contribution in [2.24, 2.45) is 5.92 Å². The minimum absolute atomic E-state index is 0.0547. The number of aliphatic hydroxyl groups excluding tert-OH is 1. The fraction of sp³-hybridized carbons (Fsp3) is 0.773. The van der Waals surface area contributed by atoms with Gasteiger partial charge in [-0.25, -0.2) is 0 Å². The minimum atomic E-state index is -0.738. The van der Waals surface area contributed by atoms with Gasteiger partial charge < -0.3 is 20.1 Å². The van der Waals surface area contributed by atoms with Crippen molar-refractivity contribution in [2.75, 3.05) is 7.11 Å². The second-order valence-electron chi connectivity index (χ2n) is 7.99. The highest BCUT2D eigenvalue weighted by atomic mass is 16.5. The third-order valence-electron chi connectivity index (χ3n) is 5.37. The van der Waals surface area contributed by atoms with Gasteiger partial charge in [-0.15, -0.1) is 0 Å². The first-order chi connectivity index (χ1) is 12.8. The fourth-order valence-electron chi connectivity index (χ4n) is 3.70. The van der Waals surface area contributed by atoms with Gasteiger partial charge in [0.05, 0.1) is 24.6 Å². The number of unbranched alkanes of at least 4 members (excludes halogenated alkanes) is 4. The Hall–Kier alpha value is -1.33. The number of aliphatic carboxylic acids is 1. The average molecular weight is 383 g/mol. The number of rotatable bonds is 14. The molecule has 0 bridgehead atoms. The maximum absolute atomic E-state index is 10.6. The molecule has 3 N–H and O–H groups in total. The lowest BCUT2D eigenvalue weighted by molar-refractivity contribution is -0.137. The second kappa shape index (κ2) is 12.2. The Balaban J connectivity index is 2.56. The maximum Gasteiger partial charge on any atom is 0.303 e. The largest absolute Gasteiger partial charge is 0.501 e. The zero-order chi connectivity index (χ0) is 20.3. The molecule has 0 saturated carbocycles. The number of carboxylic acids is 1. The Morgan fingerprint density at radius 3 is 2.59 bits per heavy atom. The van der Waals surface area contributed by atoms with E-state index in [0.29, 0.717) is 19.3 Å². The zero-order valence-electron chi connectivity index (χ0n) is 17.2. The van der Waals surface area contributed by atoms with Crippen LogP contribution in [0.5, 0.6) is 0 Å². The number of methoxy groups -OCH3 is 1. The normalized spacial score (nSPS) is 22.4. The van der Waals surface area contributed by atoms with Crippen molar-refractivity contribution in [3.63, 3.8) is 0 Å². The molecule has 1 rings (SSSR count). The van der Waals surface area contributed by atoms with Crippen LogP contribution in [-0.2, 0) is 9.53 Å². The molecule has 0 spiro atoms. The van der Waals surface area contributed by atoms with Gasteiger partial charge in [0.1, 0.15) is 0 Å². The molecule has 0 unspecified atom stereocenters. The topological polar surface area (TPSA) is 87.0 Å². The molecule has 0 fully saturated rings. The average Bonchev–Trinajstić information content (AvgIpc) is 2.91. The number of ether oxygens (including phenoxy) is 1. The smallest absolute Gasteiger partial charge is 0.303 e. The molecular weight excluding hydrogens is 344 g/mol. The molecule has 5 nitrogen and oxygen atoms in total. The summed E-state index contributed by atoms with van der Waals surface area (Å²) in [7, 11) is 1.65. The third-order valence-corrected chi connectivity index (χ3v) is 5.37. The number of carboxylic acid groups (broad SMARTS) is 1.